The van der Waals surface area contributed by atoms with Crippen LogP contribution in [-0.2, 0) is 22.4 Å². The van der Waals surface area contributed by atoms with Gasteiger partial charge in [-0.25, -0.2) is 0 Å². The highest BCUT2D eigenvalue weighted by Crippen LogP contribution is 2.37. The number of nitrogens with zero attached hydrogens (tertiary/aromatic N) is 2. The van der Waals surface area contributed by atoms with Gasteiger partial charge in [0.1, 0.15) is 11.1 Å². The van der Waals surface area contributed by atoms with E-state index < -0.39 is 0 Å². The number of ether oxygens (including phenoxy) is 1. The van der Waals surface area contributed by atoms with E-state index in [1.165, 1.54) is 11.3 Å². The summed E-state index contributed by atoms with van der Waals surface area (Å²) in [6, 6.07) is 2.28. The molecule has 1 amide bonds. The van der Waals surface area contributed by atoms with Crippen LogP contribution >= 0.6 is 11.3 Å². The summed E-state index contributed by atoms with van der Waals surface area (Å²) in [6.45, 7) is 4.61. The fraction of sp³-hybridized carbons (Fsp3) is 0.625. The van der Waals surface area contributed by atoms with Crippen molar-refractivity contribution in [1.29, 1.82) is 5.26 Å². The molecule has 22 heavy (non-hydrogen) atoms. The molecule has 1 fully saturated rings. The average molecular weight is 319 g/mol. The summed E-state index contributed by atoms with van der Waals surface area (Å²) in [5.74, 6) is -0.0378. The summed E-state index contributed by atoms with van der Waals surface area (Å²) < 4.78 is 5.49. The first-order chi connectivity index (χ1) is 10.7. The number of aryl methyl sites for hydroxylation is 1. The van der Waals surface area contributed by atoms with Crippen molar-refractivity contribution in [3.8, 4) is 6.07 Å². The number of nitriles is 1. The summed E-state index contributed by atoms with van der Waals surface area (Å²) in [7, 11) is 0. The molecule has 0 unspecified atom stereocenters. The van der Waals surface area contributed by atoms with Gasteiger partial charge >= 0.3 is 0 Å². The summed E-state index contributed by atoms with van der Waals surface area (Å²) in [5.41, 5.74) is 1.84. The first kappa shape index (κ1) is 15.5. The Morgan fingerprint density at radius 1 is 1.50 bits per heavy atom. The average Bonchev–Trinajstić information content (AvgIpc) is 2.83. The number of hydrogen-bond donors (Lipinski definition) is 1. The van der Waals surface area contributed by atoms with Crippen molar-refractivity contribution in [1.82, 2.24) is 4.90 Å². The molecule has 0 saturated carbocycles. The van der Waals surface area contributed by atoms with Gasteiger partial charge in [0.25, 0.3) is 0 Å². The van der Waals surface area contributed by atoms with Gasteiger partial charge in [-0.1, -0.05) is 0 Å². The molecule has 2 aliphatic rings. The summed E-state index contributed by atoms with van der Waals surface area (Å²) >= 11 is 1.58. The van der Waals surface area contributed by atoms with E-state index in [0.29, 0.717) is 18.7 Å². The second kappa shape index (κ2) is 6.78. The van der Waals surface area contributed by atoms with Gasteiger partial charge in [-0.15, -0.1) is 11.3 Å². The van der Waals surface area contributed by atoms with Crippen molar-refractivity contribution in [2.24, 2.45) is 0 Å². The molecule has 3 rings (SSSR count). The van der Waals surface area contributed by atoms with Crippen molar-refractivity contribution >= 4 is 22.2 Å². The first-order valence-corrected chi connectivity index (χ1v) is 8.67. The van der Waals surface area contributed by atoms with Gasteiger partial charge in [0.15, 0.2) is 0 Å². The molecule has 0 aromatic carbocycles. The molecule has 1 aromatic heterocycles. The predicted molar refractivity (Wildman–Crippen MR) is 86.2 cm³/mol. The van der Waals surface area contributed by atoms with Gasteiger partial charge in [-0.2, -0.15) is 5.26 Å². The van der Waals surface area contributed by atoms with Gasteiger partial charge in [-0.3, -0.25) is 9.69 Å². The third kappa shape index (κ3) is 3.32. The van der Waals surface area contributed by atoms with Crippen LogP contribution in [0.2, 0.25) is 0 Å². The highest BCUT2D eigenvalue weighted by molar-refractivity contribution is 7.16. The third-order valence-corrected chi connectivity index (χ3v) is 5.44. The number of carbonyl (C=O) groups is 1. The smallest absolute Gasteiger partial charge is 0.239 e. The molecule has 1 aromatic rings. The number of hydrogen-bond acceptors (Lipinski definition) is 5. The Morgan fingerprint density at radius 3 is 3.09 bits per heavy atom. The number of fused-ring (bicyclic) bond motifs is 1. The minimum atomic E-state index is -0.0378. The van der Waals surface area contributed by atoms with Crippen LogP contribution in [0.4, 0.5) is 5.00 Å². The predicted octanol–water partition coefficient (Wildman–Crippen LogP) is 2.16. The molecule has 118 valence electrons. The Bertz CT molecular complexity index is 605. The van der Waals surface area contributed by atoms with E-state index in [0.717, 1.165) is 42.9 Å². The summed E-state index contributed by atoms with van der Waals surface area (Å²) in [6.07, 6.45) is 4.48. The number of rotatable bonds is 3. The number of carbonyl (C=O) groups excluding carboxylic acids is 1. The second-order valence-corrected chi connectivity index (χ2v) is 7.10. The SMILES string of the molecule is C[C@@H]1CN(CC(=O)Nc2sc3c(c2C#N)CCCC3)CCO1. The number of morpholine rings is 1. The van der Waals surface area contributed by atoms with Crippen molar-refractivity contribution < 1.29 is 9.53 Å². The Morgan fingerprint density at radius 2 is 2.32 bits per heavy atom. The van der Waals surface area contributed by atoms with Gasteiger partial charge in [0.2, 0.25) is 5.91 Å². The van der Waals surface area contributed by atoms with Crippen LogP contribution in [0.3, 0.4) is 0 Å². The maximum absolute atomic E-state index is 12.3. The van der Waals surface area contributed by atoms with Crippen LogP contribution in [0.15, 0.2) is 0 Å². The van der Waals surface area contributed by atoms with Gasteiger partial charge in [-0.05, 0) is 38.2 Å². The fourth-order valence-electron chi connectivity index (χ4n) is 3.18. The van der Waals surface area contributed by atoms with Gasteiger partial charge in [0, 0.05) is 18.0 Å². The van der Waals surface area contributed by atoms with Crippen molar-refractivity contribution in [2.75, 3.05) is 31.6 Å². The van der Waals surface area contributed by atoms with E-state index >= 15 is 0 Å². The van der Waals surface area contributed by atoms with Gasteiger partial charge < -0.3 is 10.1 Å². The molecule has 1 aliphatic carbocycles. The largest absolute Gasteiger partial charge is 0.376 e. The minimum Gasteiger partial charge on any atom is -0.376 e. The number of amides is 1. The molecule has 1 aliphatic heterocycles. The summed E-state index contributed by atoms with van der Waals surface area (Å²) in [5, 5.41) is 13.1. The van der Waals surface area contributed by atoms with Crippen LogP contribution in [0, 0.1) is 11.3 Å². The zero-order chi connectivity index (χ0) is 15.5. The maximum Gasteiger partial charge on any atom is 0.239 e. The molecule has 0 spiro atoms. The Hall–Kier alpha value is -1.42. The molecule has 1 N–H and O–H groups in total. The third-order valence-electron chi connectivity index (χ3n) is 4.23. The van der Waals surface area contributed by atoms with Crippen molar-refractivity contribution in [2.45, 2.75) is 38.7 Å². The lowest BCUT2D eigenvalue weighted by atomic mass is 9.96. The molecular weight excluding hydrogens is 298 g/mol. The quantitative estimate of drug-likeness (QED) is 0.927. The highest BCUT2D eigenvalue weighted by atomic mass is 32.1. The number of anilines is 1. The number of thiophene rings is 1. The van der Waals surface area contributed by atoms with Crippen molar-refractivity contribution in [3.63, 3.8) is 0 Å². The maximum atomic E-state index is 12.3. The number of nitrogens with one attached hydrogen (secondary N) is 1. The minimum absolute atomic E-state index is 0.0378. The normalized spacial score (nSPS) is 21.9. The lowest BCUT2D eigenvalue weighted by Gasteiger charge is -2.30. The van der Waals surface area contributed by atoms with E-state index in [1.807, 2.05) is 6.92 Å². The molecular formula is C16H21N3O2S. The van der Waals surface area contributed by atoms with E-state index in [4.69, 9.17) is 4.74 Å². The van der Waals surface area contributed by atoms with E-state index in [1.54, 1.807) is 11.3 Å². The van der Waals surface area contributed by atoms with E-state index in [2.05, 4.69) is 16.3 Å². The second-order valence-electron chi connectivity index (χ2n) is 5.99. The molecule has 2 heterocycles. The molecule has 1 saturated heterocycles. The van der Waals surface area contributed by atoms with Crippen LogP contribution in [-0.4, -0.2) is 43.2 Å². The van der Waals surface area contributed by atoms with Crippen LogP contribution in [0.1, 0.15) is 35.8 Å². The molecule has 1 atom stereocenters. The lowest BCUT2D eigenvalue weighted by molar-refractivity contribution is -0.119. The lowest BCUT2D eigenvalue weighted by Crippen LogP contribution is -2.44. The fourth-order valence-corrected chi connectivity index (χ4v) is 4.43. The molecule has 0 bridgehead atoms. The topological polar surface area (TPSA) is 65.4 Å². The Balaban J connectivity index is 1.66. The molecule has 0 radical (unpaired) electrons. The standard InChI is InChI=1S/C16H21N3O2S/c1-11-9-19(6-7-21-11)10-15(20)18-16-13(8-17)12-4-2-3-5-14(12)22-16/h11H,2-7,9-10H2,1H3,(H,18,20)/t11-/m1/s1. The van der Waals surface area contributed by atoms with Crippen molar-refractivity contribution in [3.05, 3.63) is 16.0 Å². The zero-order valence-electron chi connectivity index (χ0n) is 12.9. The highest BCUT2D eigenvalue weighted by Gasteiger charge is 2.23. The first-order valence-electron chi connectivity index (χ1n) is 7.86. The Labute approximate surface area is 134 Å². The van der Waals surface area contributed by atoms with Crippen LogP contribution < -0.4 is 5.32 Å². The summed E-state index contributed by atoms with van der Waals surface area (Å²) in [4.78, 5) is 15.6. The monoisotopic (exact) mass is 319 g/mol. The van der Waals surface area contributed by atoms with E-state index in [9.17, 15) is 10.1 Å². The van der Waals surface area contributed by atoms with E-state index in [-0.39, 0.29) is 12.0 Å². The molecule has 5 nitrogen and oxygen atoms in total. The van der Waals surface area contributed by atoms with Gasteiger partial charge in [0.05, 0.1) is 24.8 Å². The zero-order valence-corrected chi connectivity index (χ0v) is 13.7. The molecule has 6 heteroatoms. The van der Waals surface area contributed by atoms with Crippen LogP contribution in [0.25, 0.3) is 0 Å². The Kier molecular flexibility index (Phi) is 4.77. The van der Waals surface area contributed by atoms with Crippen LogP contribution in [0.5, 0.6) is 0 Å².